The summed E-state index contributed by atoms with van der Waals surface area (Å²) in [5, 5.41) is 12.8. The number of hydrogen-bond donors (Lipinski definition) is 2. The van der Waals surface area contributed by atoms with Crippen LogP contribution in [0.2, 0.25) is 5.02 Å². The van der Waals surface area contributed by atoms with Crippen LogP contribution in [0.15, 0.2) is 24.3 Å². The summed E-state index contributed by atoms with van der Waals surface area (Å²) in [5.41, 5.74) is 0.984. The fourth-order valence-corrected chi connectivity index (χ4v) is 2.35. The van der Waals surface area contributed by atoms with Crippen LogP contribution in [-0.2, 0) is 4.79 Å². The summed E-state index contributed by atoms with van der Waals surface area (Å²) in [6.07, 6.45) is 1.17. The Labute approximate surface area is 126 Å². The lowest BCUT2D eigenvalue weighted by Crippen LogP contribution is -2.33. The predicted octanol–water partition coefficient (Wildman–Crippen LogP) is 3.36. The van der Waals surface area contributed by atoms with Crippen molar-refractivity contribution in [3.63, 3.8) is 0 Å². The Hall–Kier alpha value is -1.06. The van der Waals surface area contributed by atoms with Gasteiger partial charge in [-0.25, -0.2) is 0 Å². The molecule has 1 aromatic carbocycles. The summed E-state index contributed by atoms with van der Waals surface area (Å²) in [5.74, 6) is 0.0830. The summed E-state index contributed by atoms with van der Waals surface area (Å²) in [6.45, 7) is 6.43. The summed E-state index contributed by atoms with van der Waals surface area (Å²) >= 11 is 5.88. The van der Waals surface area contributed by atoms with Crippen LogP contribution < -0.4 is 5.32 Å². The minimum Gasteiger partial charge on any atom is -0.393 e. The third-order valence-corrected chi connectivity index (χ3v) is 3.53. The molecule has 0 fully saturated rings. The highest BCUT2D eigenvalue weighted by Crippen LogP contribution is 2.25. The van der Waals surface area contributed by atoms with E-state index in [1.54, 1.807) is 6.92 Å². The van der Waals surface area contributed by atoms with Gasteiger partial charge in [-0.1, -0.05) is 37.6 Å². The second-order valence-electron chi connectivity index (χ2n) is 5.56. The zero-order valence-electron chi connectivity index (χ0n) is 12.4. The lowest BCUT2D eigenvalue weighted by atomic mass is 9.87. The van der Waals surface area contributed by atoms with Gasteiger partial charge in [0, 0.05) is 11.6 Å². The van der Waals surface area contributed by atoms with E-state index in [0.29, 0.717) is 18.0 Å². The topological polar surface area (TPSA) is 49.3 Å². The van der Waals surface area contributed by atoms with Crippen molar-refractivity contribution in [1.82, 2.24) is 5.32 Å². The molecule has 0 aromatic heterocycles. The second-order valence-corrected chi connectivity index (χ2v) is 5.99. The number of aliphatic hydroxyl groups is 1. The molecule has 2 atom stereocenters. The molecule has 0 spiro atoms. The largest absolute Gasteiger partial charge is 0.393 e. The van der Waals surface area contributed by atoms with Gasteiger partial charge in [0.1, 0.15) is 0 Å². The maximum Gasteiger partial charge on any atom is 0.227 e. The van der Waals surface area contributed by atoms with Crippen LogP contribution in [-0.4, -0.2) is 23.7 Å². The number of aliphatic hydroxyl groups excluding tert-OH is 1. The standard InChI is InChI=1S/C16H24ClNO2/c1-11(2)15(13-6-8-14(17)9-7-13)16(20)18-10-4-5-12(3)19/h6-9,11-12,15,19H,4-5,10H2,1-3H3,(H,18,20). The van der Waals surface area contributed by atoms with Crippen molar-refractivity contribution in [2.45, 2.75) is 45.6 Å². The zero-order valence-corrected chi connectivity index (χ0v) is 13.2. The highest BCUT2D eigenvalue weighted by Gasteiger charge is 2.23. The molecular weight excluding hydrogens is 274 g/mol. The van der Waals surface area contributed by atoms with Gasteiger partial charge in [-0.15, -0.1) is 0 Å². The van der Waals surface area contributed by atoms with Crippen molar-refractivity contribution >= 4 is 17.5 Å². The molecule has 1 aromatic rings. The van der Waals surface area contributed by atoms with E-state index in [-0.39, 0.29) is 23.8 Å². The van der Waals surface area contributed by atoms with Gasteiger partial charge in [-0.2, -0.15) is 0 Å². The van der Waals surface area contributed by atoms with E-state index >= 15 is 0 Å². The van der Waals surface area contributed by atoms with E-state index in [9.17, 15) is 9.90 Å². The normalized spacial score (nSPS) is 14.1. The van der Waals surface area contributed by atoms with E-state index in [2.05, 4.69) is 5.32 Å². The number of nitrogens with one attached hydrogen (secondary N) is 1. The maximum absolute atomic E-state index is 12.3. The molecule has 1 amide bonds. The zero-order chi connectivity index (χ0) is 15.1. The van der Waals surface area contributed by atoms with E-state index in [1.165, 1.54) is 0 Å². The second kappa shape index (κ2) is 8.28. The average Bonchev–Trinajstić information content (AvgIpc) is 2.36. The lowest BCUT2D eigenvalue weighted by Gasteiger charge is -2.21. The molecule has 0 aliphatic carbocycles. The summed E-state index contributed by atoms with van der Waals surface area (Å²) in [4.78, 5) is 12.3. The monoisotopic (exact) mass is 297 g/mol. The summed E-state index contributed by atoms with van der Waals surface area (Å²) in [7, 11) is 0. The number of carbonyl (C=O) groups is 1. The third-order valence-electron chi connectivity index (χ3n) is 3.28. The van der Waals surface area contributed by atoms with Gasteiger partial charge >= 0.3 is 0 Å². The van der Waals surface area contributed by atoms with Gasteiger partial charge in [0.05, 0.1) is 12.0 Å². The Bertz CT molecular complexity index is 415. The Kier molecular flexibility index (Phi) is 7.03. The van der Waals surface area contributed by atoms with Crippen LogP contribution in [0.3, 0.4) is 0 Å². The van der Waals surface area contributed by atoms with Crippen LogP contribution in [0, 0.1) is 5.92 Å². The van der Waals surface area contributed by atoms with E-state index in [4.69, 9.17) is 11.6 Å². The number of carbonyl (C=O) groups excluding carboxylic acids is 1. The number of rotatable bonds is 7. The minimum absolute atomic E-state index is 0.0351. The first-order chi connectivity index (χ1) is 9.41. The van der Waals surface area contributed by atoms with Crippen LogP contribution in [0.5, 0.6) is 0 Å². The first kappa shape index (κ1) is 17.0. The van der Waals surface area contributed by atoms with Crippen molar-refractivity contribution in [1.29, 1.82) is 0 Å². The third kappa shape index (κ3) is 5.51. The number of hydrogen-bond acceptors (Lipinski definition) is 2. The van der Waals surface area contributed by atoms with Crippen molar-refractivity contribution < 1.29 is 9.90 Å². The Morgan fingerprint density at radius 3 is 2.35 bits per heavy atom. The Morgan fingerprint density at radius 2 is 1.85 bits per heavy atom. The van der Waals surface area contributed by atoms with Gasteiger partial charge in [0.25, 0.3) is 0 Å². The SMILES string of the molecule is CC(O)CCCNC(=O)C(c1ccc(Cl)cc1)C(C)C. The van der Waals surface area contributed by atoms with Crippen molar-refractivity contribution in [2.75, 3.05) is 6.54 Å². The number of amides is 1. The summed E-state index contributed by atoms with van der Waals surface area (Å²) < 4.78 is 0. The van der Waals surface area contributed by atoms with Crippen LogP contribution in [0.25, 0.3) is 0 Å². The fourth-order valence-electron chi connectivity index (χ4n) is 2.23. The van der Waals surface area contributed by atoms with Crippen LogP contribution >= 0.6 is 11.6 Å². The molecule has 0 bridgehead atoms. The average molecular weight is 298 g/mol. The first-order valence-corrected chi connectivity index (χ1v) is 7.51. The highest BCUT2D eigenvalue weighted by molar-refractivity contribution is 6.30. The van der Waals surface area contributed by atoms with E-state index in [0.717, 1.165) is 12.0 Å². The van der Waals surface area contributed by atoms with Gasteiger partial charge in [0.15, 0.2) is 0 Å². The fraction of sp³-hybridized carbons (Fsp3) is 0.562. The maximum atomic E-state index is 12.3. The molecule has 0 saturated heterocycles. The predicted molar refractivity (Wildman–Crippen MR) is 83.0 cm³/mol. The minimum atomic E-state index is -0.316. The quantitative estimate of drug-likeness (QED) is 0.758. The Balaban J connectivity index is 2.62. The number of benzene rings is 1. The van der Waals surface area contributed by atoms with Gasteiger partial charge < -0.3 is 10.4 Å². The molecule has 2 unspecified atom stereocenters. The lowest BCUT2D eigenvalue weighted by molar-refractivity contribution is -0.123. The molecule has 2 N–H and O–H groups in total. The molecule has 112 valence electrons. The molecular formula is C16H24ClNO2. The first-order valence-electron chi connectivity index (χ1n) is 7.13. The summed E-state index contributed by atoms with van der Waals surface area (Å²) in [6, 6.07) is 7.44. The highest BCUT2D eigenvalue weighted by atomic mass is 35.5. The van der Waals surface area contributed by atoms with E-state index in [1.807, 2.05) is 38.1 Å². The molecule has 0 aliphatic heterocycles. The molecule has 3 nitrogen and oxygen atoms in total. The molecule has 20 heavy (non-hydrogen) atoms. The van der Waals surface area contributed by atoms with Crippen molar-refractivity contribution in [3.05, 3.63) is 34.9 Å². The van der Waals surface area contributed by atoms with Gasteiger partial charge in [-0.05, 0) is 43.4 Å². The smallest absolute Gasteiger partial charge is 0.227 e. The van der Waals surface area contributed by atoms with Gasteiger partial charge in [-0.3, -0.25) is 4.79 Å². The van der Waals surface area contributed by atoms with Crippen molar-refractivity contribution in [3.8, 4) is 0 Å². The number of halogens is 1. The molecule has 4 heteroatoms. The molecule has 0 radical (unpaired) electrons. The van der Waals surface area contributed by atoms with E-state index < -0.39 is 0 Å². The molecule has 0 heterocycles. The molecule has 0 saturated carbocycles. The van der Waals surface area contributed by atoms with Gasteiger partial charge in [0.2, 0.25) is 5.91 Å². The molecule has 0 aliphatic rings. The van der Waals surface area contributed by atoms with Crippen molar-refractivity contribution in [2.24, 2.45) is 5.92 Å². The van der Waals surface area contributed by atoms with Crippen LogP contribution in [0.1, 0.15) is 45.1 Å². The van der Waals surface area contributed by atoms with Crippen LogP contribution in [0.4, 0.5) is 0 Å². The molecule has 1 rings (SSSR count). The Morgan fingerprint density at radius 1 is 1.25 bits per heavy atom.